The van der Waals surface area contributed by atoms with Crippen molar-refractivity contribution in [3.63, 3.8) is 0 Å². The van der Waals surface area contributed by atoms with Crippen molar-refractivity contribution in [3.8, 4) is 0 Å². The Kier molecular flexibility index (Phi) is 9.43. The second-order valence-corrected chi connectivity index (χ2v) is 6.43. The Morgan fingerprint density at radius 3 is 2.58 bits per heavy atom. The molecule has 7 heteroatoms. The number of rotatable bonds is 5. The first-order valence-corrected chi connectivity index (χ1v) is 8.42. The molecular weight excluding hydrogens is 439 g/mol. The fourth-order valence-electron chi connectivity index (χ4n) is 2.52. The summed E-state index contributed by atoms with van der Waals surface area (Å²) in [7, 11) is 3.49. The van der Waals surface area contributed by atoms with Gasteiger partial charge in [-0.2, -0.15) is 0 Å². The predicted octanol–water partition coefficient (Wildman–Crippen LogP) is 3.02. The molecule has 1 aliphatic carbocycles. The van der Waals surface area contributed by atoms with Crippen molar-refractivity contribution >= 4 is 47.4 Å². The van der Waals surface area contributed by atoms with Crippen molar-refractivity contribution < 1.29 is 4.79 Å². The Morgan fingerprint density at radius 1 is 1.29 bits per heavy atom. The third-order valence-corrected chi connectivity index (χ3v) is 4.34. The van der Waals surface area contributed by atoms with Gasteiger partial charge in [0.25, 0.3) is 0 Å². The molecule has 134 valence electrons. The summed E-state index contributed by atoms with van der Waals surface area (Å²) in [6.07, 6.45) is 4.78. The molecule has 1 fully saturated rings. The topological polar surface area (TPSA) is 56.7 Å². The highest BCUT2D eigenvalue weighted by Gasteiger charge is 2.16. The molecule has 0 bridgehead atoms. The molecule has 1 amide bonds. The maximum Gasteiger partial charge on any atom is 0.241 e. The minimum atomic E-state index is 0. The summed E-state index contributed by atoms with van der Waals surface area (Å²) in [6, 6.07) is 8.11. The molecule has 0 radical (unpaired) electrons. The zero-order valence-corrected chi connectivity index (χ0v) is 17.3. The van der Waals surface area contributed by atoms with E-state index < -0.39 is 0 Å². The number of nitrogens with zero attached hydrogens (tertiary/aromatic N) is 2. The Bertz CT molecular complexity index is 559. The van der Waals surface area contributed by atoms with Gasteiger partial charge in [-0.05, 0) is 24.5 Å². The smallest absolute Gasteiger partial charge is 0.241 e. The third-order valence-electron chi connectivity index (χ3n) is 3.97. The molecule has 0 aliphatic heterocycles. The number of nitrogens with one attached hydrogen (secondary N) is 2. The third kappa shape index (κ3) is 6.84. The number of aliphatic imine (C=N–C) groups is 1. The Morgan fingerprint density at radius 2 is 1.96 bits per heavy atom. The summed E-state index contributed by atoms with van der Waals surface area (Å²) in [5.74, 6) is 0.690. The number of amides is 1. The first kappa shape index (κ1) is 21.0. The van der Waals surface area contributed by atoms with Crippen LogP contribution in [0, 0.1) is 0 Å². The van der Waals surface area contributed by atoms with E-state index in [-0.39, 0.29) is 36.4 Å². The molecule has 1 aromatic rings. The van der Waals surface area contributed by atoms with E-state index in [2.05, 4.69) is 15.6 Å². The highest BCUT2D eigenvalue weighted by Crippen LogP contribution is 2.18. The first-order chi connectivity index (χ1) is 11.1. The van der Waals surface area contributed by atoms with Crippen LogP contribution < -0.4 is 10.6 Å². The number of hydrogen-bond acceptors (Lipinski definition) is 2. The fourth-order valence-corrected chi connectivity index (χ4v) is 2.72. The van der Waals surface area contributed by atoms with E-state index in [0.29, 0.717) is 23.6 Å². The molecule has 0 spiro atoms. The van der Waals surface area contributed by atoms with Crippen molar-refractivity contribution in [1.82, 2.24) is 15.5 Å². The zero-order valence-electron chi connectivity index (χ0n) is 14.2. The lowest BCUT2D eigenvalue weighted by Crippen LogP contribution is -2.46. The number of halogens is 2. The molecule has 24 heavy (non-hydrogen) atoms. The highest BCUT2D eigenvalue weighted by molar-refractivity contribution is 14.0. The number of likely N-dealkylation sites (N-methyl/N-ethyl adjacent to an activating group) is 1. The van der Waals surface area contributed by atoms with E-state index >= 15 is 0 Å². The van der Waals surface area contributed by atoms with Crippen molar-refractivity contribution in [3.05, 3.63) is 34.9 Å². The normalized spacial score (nSPS) is 14.9. The van der Waals surface area contributed by atoms with Crippen molar-refractivity contribution in [2.45, 2.75) is 38.3 Å². The van der Waals surface area contributed by atoms with Crippen LogP contribution in [0.5, 0.6) is 0 Å². The summed E-state index contributed by atoms with van der Waals surface area (Å²) in [5, 5.41) is 7.26. The average molecular weight is 465 g/mol. The van der Waals surface area contributed by atoms with Crippen LogP contribution in [0.25, 0.3) is 0 Å². The molecule has 1 aromatic carbocycles. The van der Waals surface area contributed by atoms with Crippen LogP contribution in [0.15, 0.2) is 29.3 Å². The molecule has 5 nitrogen and oxygen atoms in total. The molecular formula is C17H26ClIN4O. The van der Waals surface area contributed by atoms with Gasteiger partial charge in [0, 0.05) is 25.2 Å². The Hall–Kier alpha value is -1.02. The quantitative estimate of drug-likeness (QED) is 0.400. The van der Waals surface area contributed by atoms with E-state index in [0.717, 1.165) is 18.4 Å². The van der Waals surface area contributed by atoms with E-state index in [9.17, 15) is 4.79 Å². The van der Waals surface area contributed by atoms with Crippen LogP contribution in [0.3, 0.4) is 0 Å². The molecule has 2 N–H and O–H groups in total. The summed E-state index contributed by atoms with van der Waals surface area (Å²) in [6.45, 7) is 0.714. The maximum absolute atomic E-state index is 11.8. The first-order valence-electron chi connectivity index (χ1n) is 8.04. The minimum absolute atomic E-state index is 0. The molecule has 2 rings (SSSR count). The van der Waals surface area contributed by atoms with Gasteiger partial charge < -0.3 is 15.5 Å². The van der Waals surface area contributed by atoms with Gasteiger partial charge in [-0.1, -0.05) is 42.6 Å². The van der Waals surface area contributed by atoms with Gasteiger partial charge in [0.2, 0.25) is 5.91 Å². The standard InChI is InChI=1S/C17H25ClN4O.HI/c1-22(2)16(23)12-20-17(21-14-8-4-5-9-14)19-11-13-7-3-6-10-15(13)18;/h3,6-7,10,14H,4-5,8-9,11-12H2,1-2H3,(H2,19,20,21);1H. The lowest BCUT2D eigenvalue weighted by atomic mass is 10.2. The van der Waals surface area contributed by atoms with Crippen molar-refractivity contribution in [2.75, 3.05) is 20.6 Å². The SMILES string of the molecule is CN(C)C(=O)CNC(=NCc1ccccc1Cl)NC1CCCC1.I. The van der Waals surface area contributed by atoms with Crippen LogP contribution in [0.2, 0.25) is 5.02 Å². The fraction of sp³-hybridized carbons (Fsp3) is 0.529. The van der Waals surface area contributed by atoms with E-state index in [1.807, 2.05) is 24.3 Å². The van der Waals surface area contributed by atoms with Gasteiger partial charge in [0.05, 0.1) is 13.1 Å². The summed E-state index contributed by atoms with van der Waals surface area (Å²) in [4.78, 5) is 17.9. The number of carbonyl (C=O) groups is 1. The van der Waals surface area contributed by atoms with Gasteiger partial charge in [-0.3, -0.25) is 4.79 Å². The Balaban J connectivity index is 0.00000288. The van der Waals surface area contributed by atoms with E-state index in [4.69, 9.17) is 11.6 Å². The lowest BCUT2D eigenvalue weighted by Gasteiger charge is -2.18. The molecule has 0 aromatic heterocycles. The van der Waals surface area contributed by atoms with Crippen LogP contribution in [-0.4, -0.2) is 43.4 Å². The summed E-state index contributed by atoms with van der Waals surface area (Å²) < 4.78 is 0. The molecule has 1 aliphatic rings. The largest absolute Gasteiger partial charge is 0.354 e. The van der Waals surface area contributed by atoms with Gasteiger partial charge in [-0.15, -0.1) is 24.0 Å². The highest BCUT2D eigenvalue weighted by atomic mass is 127. The summed E-state index contributed by atoms with van der Waals surface area (Å²) in [5.41, 5.74) is 0.973. The molecule has 0 saturated heterocycles. The molecule has 1 saturated carbocycles. The molecule has 0 heterocycles. The maximum atomic E-state index is 11.8. The van der Waals surface area contributed by atoms with Crippen LogP contribution in [0.4, 0.5) is 0 Å². The number of guanidine groups is 1. The van der Waals surface area contributed by atoms with Gasteiger partial charge in [0.1, 0.15) is 0 Å². The van der Waals surface area contributed by atoms with E-state index in [1.54, 1.807) is 19.0 Å². The average Bonchev–Trinajstić information content (AvgIpc) is 3.03. The van der Waals surface area contributed by atoms with Crippen molar-refractivity contribution in [1.29, 1.82) is 0 Å². The second-order valence-electron chi connectivity index (χ2n) is 6.02. The molecule has 0 unspecified atom stereocenters. The zero-order chi connectivity index (χ0) is 16.7. The van der Waals surface area contributed by atoms with Crippen LogP contribution >= 0.6 is 35.6 Å². The number of hydrogen-bond donors (Lipinski definition) is 2. The van der Waals surface area contributed by atoms with Crippen molar-refractivity contribution in [2.24, 2.45) is 4.99 Å². The van der Waals surface area contributed by atoms with Gasteiger partial charge in [0.15, 0.2) is 5.96 Å². The predicted molar refractivity (Wildman–Crippen MR) is 110 cm³/mol. The van der Waals surface area contributed by atoms with E-state index in [1.165, 1.54) is 12.8 Å². The number of benzene rings is 1. The monoisotopic (exact) mass is 464 g/mol. The van der Waals surface area contributed by atoms with Crippen LogP contribution in [0.1, 0.15) is 31.2 Å². The minimum Gasteiger partial charge on any atom is -0.354 e. The Labute approximate surface area is 166 Å². The second kappa shape index (κ2) is 10.8. The number of carbonyl (C=O) groups excluding carboxylic acids is 1. The van der Waals surface area contributed by atoms with Gasteiger partial charge >= 0.3 is 0 Å². The lowest BCUT2D eigenvalue weighted by molar-refractivity contribution is -0.127. The van der Waals surface area contributed by atoms with Gasteiger partial charge in [-0.25, -0.2) is 4.99 Å². The summed E-state index contributed by atoms with van der Waals surface area (Å²) >= 11 is 6.18. The van der Waals surface area contributed by atoms with Crippen LogP contribution in [-0.2, 0) is 11.3 Å². The molecule has 0 atom stereocenters.